The molecule has 4 heterocycles. The van der Waals surface area contributed by atoms with E-state index in [1.807, 2.05) is 49.4 Å². The highest BCUT2D eigenvalue weighted by Crippen LogP contribution is 2.33. The minimum atomic E-state index is -0.465. The molecule has 3 aromatic heterocycles. The van der Waals surface area contributed by atoms with Crippen molar-refractivity contribution in [2.24, 2.45) is 0 Å². The van der Waals surface area contributed by atoms with Gasteiger partial charge in [-0.3, -0.25) is 19.4 Å². The van der Waals surface area contributed by atoms with Crippen molar-refractivity contribution in [3.63, 3.8) is 0 Å². The lowest BCUT2D eigenvalue weighted by Gasteiger charge is -2.26. The molecule has 15 heteroatoms. The summed E-state index contributed by atoms with van der Waals surface area (Å²) >= 11 is 7.66. The Balaban J connectivity index is 0.994. The highest BCUT2D eigenvalue weighted by molar-refractivity contribution is 7.23. The molecule has 0 spiro atoms. The topological polar surface area (TPSA) is 147 Å². The number of nitrogens with one attached hydrogen (secondary N) is 3. The van der Waals surface area contributed by atoms with Gasteiger partial charge in [-0.05, 0) is 54.6 Å². The first-order valence-corrected chi connectivity index (χ1v) is 17.6. The molecule has 51 heavy (non-hydrogen) atoms. The summed E-state index contributed by atoms with van der Waals surface area (Å²) in [6.45, 7) is 10.6. The number of aromatic hydroxyl groups is 1. The van der Waals surface area contributed by atoms with Gasteiger partial charge in [-0.1, -0.05) is 43.7 Å². The predicted molar refractivity (Wildman–Crippen MR) is 198 cm³/mol. The zero-order valence-corrected chi connectivity index (χ0v) is 29.8. The van der Waals surface area contributed by atoms with Crippen molar-refractivity contribution >= 4 is 61.6 Å². The van der Waals surface area contributed by atoms with Crippen LogP contribution in [0.3, 0.4) is 0 Å². The number of phenolic OH excluding ortho intramolecular Hbond substituents is 1. The third-order valence-electron chi connectivity index (χ3n) is 8.36. The van der Waals surface area contributed by atoms with Crippen LogP contribution >= 0.6 is 22.9 Å². The van der Waals surface area contributed by atoms with Gasteiger partial charge in [0.25, 0.3) is 5.91 Å². The first kappa shape index (κ1) is 34.3. The van der Waals surface area contributed by atoms with Crippen molar-refractivity contribution in [3.8, 4) is 22.9 Å². The number of rotatable bonds is 9. The lowest BCUT2D eigenvalue weighted by molar-refractivity contribution is 0.0383. The van der Waals surface area contributed by atoms with Crippen molar-refractivity contribution < 1.29 is 24.2 Å². The quantitative estimate of drug-likeness (QED) is 0.126. The Kier molecular flexibility index (Phi) is 9.57. The zero-order chi connectivity index (χ0) is 35.7. The Morgan fingerprint density at radius 1 is 1.00 bits per heavy atom. The summed E-state index contributed by atoms with van der Waals surface area (Å²) in [7, 11) is 0. The van der Waals surface area contributed by atoms with Gasteiger partial charge in [0.15, 0.2) is 4.96 Å². The van der Waals surface area contributed by atoms with Crippen molar-refractivity contribution in [3.05, 3.63) is 89.3 Å². The molecule has 13 nitrogen and oxygen atoms in total. The van der Waals surface area contributed by atoms with E-state index in [0.29, 0.717) is 40.9 Å². The van der Waals surface area contributed by atoms with E-state index >= 15 is 0 Å². The number of halogens is 1. The minimum Gasteiger partial charge on any atom is -0.506 e. The van der Waals surface area contributed by atoms with Crippen LogP contribution in [0.2, 0.25) is 5.02 Å². The van der Waals surface area contributed by atoms with E-state index in [4.69, 9.17) is 26.2 Å². The fraction of sp³-hybridized carbons (Fsp3) is 0.278. The van der Waals surface area contributed by atoms with Crippen LogP contribution in [-0.4, -0.2) is 80.5 Å². The molecule has 0 unspecified atom stereocenters. The largest absolute Gasteiger partial charge is 0.506 e. The molecule has 0 aliphatic carbocycles. The molecule has 7 rings (SSSR count). The average Bonchev–Trinajstić information content (AvgIpc) is 3.81. The predicted octanol–water partition coefficient (Wildman–Crippen LogP) is 6.89. The van der Waals surface area contributed by atoms with Gasteiger partial charge in [0.2, 0.25) is 0 Å². The van der Waals surface area contributed by atoms with Crippen LogP contribution in [0.25, 0.3) is 20.9 Å². The lowest BCUT2D eigenvalue weighted by atomic mass is 9.92. The summed E-state index contributed by atoms with van der Waals surface area (Å²) in [6.07, 6.45) is 1.75. The molecule has 0 radical (unpaired) electrons. The molecular weight excluding hydrogens is 692 g/mol. The number of fused-ring (bicyclic) bond motifs is 3. The van der Waals surface area contributed by atoms with E-state index in [1.165, 1.54) is 17.4 Å². The Morgan fingerprint density at radius 2 is 1.76 bits per heavy atom. The van der Waals surface area contributed by atoms with Gasteiger partial charge in [-0.15, -0.1) is 0 Å². The number of urea groups is 1. The fourth-order valence-corrected chi connectivity index (χ4v) is 6.74. The van der Waals surface area contributed by atoms with Crippen LogP contribution in [0.4, 0.5) is 16.3 Å². The molecular formula is C36H37ClN8O5S. The number of imidazole rings is 1. The Hall–Kier alpha value is -5.15. The van der Waals surface area contributed by atoms with E-state index in [9.17, 15) is 14.7 Å². The zero-order valence-electron chi connectivity index (χ0n) is 28.3. The molecule has 1 aliphatic rings. The highest BCUT2D eigenvalue weighted by atomic mass is 35.5. The summed E-state index contributed by atoms with van der Waals surface area (Å²) < 4.78 is 16.0. The van der Waals surface area contributed by atoms with Gasteiger partial charge >= 0.3 is 6.03 Å². The SMILES string of the molecule is CC(C)(C)c1cc(NC(=O)Nc2ccc(Oc3ccc4sc5nc(C(=O)NCCN6CCOCC6)cn5c4c3)cc2)n(-c2ccc(O)c(Cl)c2)n1. The third kappa shape index (κ3) is 7.78. The second-order valence-electron chi connectivity index (χ2n) is 13.1. The van der Waals surface area contributed by atoms with Gasteiger partial charge < -0.3 is 25.2 Å². The van der Waals surface area contributed by atoms with Crippen LogP contribution in [0.5, 0.6) is 17.2 Å². The molecule has 1 saturated heterocycles. The number of hydrogen-bond donors (Lipinski definition) is 4. The number of ether oxygens (including phenoxy) is 2. The van der Waals surface area contributed by atoms with Crippen LogP contribution in [0.1, 0.15) is 37.0 Å². The second-order valence-corrected chi connectivity index (χ2v) is 14.6. The first-order valence-electron chi connectivity index (χ1n) is 16.5. The Labute approximate surface area is 302 Å². The van der Waals surface area contributed by atoms with Gasteiger partial charge in [-0.25, -0.2) is 14.5 Å². The van der Waals surface area contributed by atoms with E-state index in [1.54, 1.807) is 47.3 Å². The summed E-state index contributed by atoms with van der Waals surface area (Å²) in [4.78, 5) is 33.5. The molecule has 1 aliphatic heterocycles. The van der Waals surface area contributed by atoms with Gasteiger partial charge in [-0.2, -0.15) is 5.10 Å². The number of nitrogens with zero attached hydrogens (tertiary/aromatic N) is 5. The number of aromatic nitrogens is 4. The Morgan fingerprint density at radius 3 is 2.51 bits per heavy atom. The number of amides is 3. The maximum absolute atomic E-state index is 13.1. The van der Waals surface area contributed by atoms with E-state index in [0.717, 1.165) is 53.7 Å². The van der Waals surface area contributed by atoms with Gasteiger partial charge in [0.05, 0.1) is 39.8 Å². The van der Waals surface area contributed by atoms with Crippen molar-refractivity contribution in [1.82, 2.24) is 29.4 Å². The lowest BCUT2D eigenvalue weighted by Crippen LogP contribution is -2.41. The average molecular weight is 729 g/mol. The number of carbonyl (C=O) groups is 2. The molecule has 0 saturated carbocycles. The van der Waals surface area contributed by atoms with Crippen LogP contribution < -0.4 is 20.7 Å². The van der Waals surface area contributed by atoms with Gasteiger partial charge in [0, 0.05) is 55.6 Å². The maximum atomic E-state index is 13.1. The Bertz CT molecular complexity index is 2220. The van der Waals surface area contributed by atoms with Crippen LogP contribution in [0.15, 0.2) is 72.9 Å². The van der Waals surface area contributed by atoms with Crippen molar-refractivity contribution in [2.75, 3.05) is 50.0 Å². The van der Waals surface area contributed by atoms with E-state index < -0.39 is 6.03 Å². The maximum Gasteiger partial charge on any atom is 0.324 e. The number of thiazole rings is 1. The molecule has 1 fully saturated rings. The molecule has 264 valence electrons. The standard InChI is InChI=1S/C36H37ClN8O5S/c1-36(2,3)31-20-32(45(42-31)23-6-10-29(46)26(37)18-23)41-34(48)39-22-4-7-24(8-5-22)50-25-9-11-30-28(19-25)44-21-27(40-35(44)51-30)33(47)38-12-13-43-14-16-49-17-15-43/h4-11,18-21,46H,12-17H2,1-3H3,(H,38,47)(H2,39,41,48). The smallest absolute Gasteiger partial charge is 0.324 e. The molecule has 6 aromatic rings. The number of morpholine rings is 1. The van der Waals surface area contributed by atoms with Crippen LogP contribution in [0, 0.1) is 0 Å². The van der Waals surface area contributed by atoms with E-state index in [2.05, 4.69) is 25.8 Å². The molecule has 3 amide bonds. The molecule has 0 atom stereocenters. The number of hydrogen-bond acceptors (Lipinski definition) is 9. The van der Waals surface area contributed by atoms with Crippen LogP contribution in [-0.2, 0) is 10.2 Å². The normalized spacial score (nSPS) is 13.8. The fourth-order valence-electron chi connectivity index (χ4n) is 5.58. The number of carbonyl (C=O) groups excluding carboxylic acids is 2. The van der Waals surface area contributed by atoms with Gasteiger partial charge in [0.1, 0.15) is 28.8 Å². The minimum absolute atomic E-state index is 0.0449. The van der Waals surface area contributed by atoms with Crippen molar-refractivity contribution in [1.29, 1.82) is 0 Å². The molecule has 0 bridgehead atoms. The summed E-state index contributed by atoms with van der Waals surface area (Å²) in [5.41, 5.74) is 2.87. The number of benzene rings is 3. The monoisotopic (exact) mass is 728 g/mol. The number of phenols is 1. The second kappa shape index (κ2) is 14.2. The summed E-state index contributed by atoms with van der Waals surface area (Å²) in [5.74, 6) is 1.38. The third-order valence-corrected chi connectivity index (χ3v) is 9.70. The first-order chi connectivity index (χ1) is 24.5. The highest BCUT2D eigenvalue weighted by Gasteiger charge is 2.22. The number of anilines is 2. The van der Waals surface area contributed by atoms with Crippen molar-refractivity contribution in [2.45, 2.75) is 26.2 Å². The molecule has 4 N–H and O–H groups in total. The summed E-state index contributed by atoms with van der Waals surface area (Å²) in [6, 6.07) is 18.8. The molecule has 3 aromatic carbocycles. The van der Waals surface area contributed by atoms with E-state index in [-0.39, 0.29) is 22.1 Å². The summed E-state index contributed by atoms with van der Waals surface area (Å²) in [5, 5.41) is 23.4.